The van der Waals surface area contributed by atoms with E-state index in [2.05, 4.69) is 0 Å². The molecule has 2 aliphatic heterocycles. The normalized spacial score (nSPS) is 39.6. The van der Waals surface area contributed by atoms with E-state index in [1.807, 2.05) is 18.7 Å². The van der Waals surface area contributed by atoms with Crippen molar-refractivity contribution in [2.75, 3.05) is 19.7 Å². The topological polar surface area (TPSA) is 38.8 Å². The highest BCUT2D eigenvalue weighted by molar-refractivity contribution is 6.53. The fourth-order valence-electron chi connectivity index (χ4n) is 3.00. The number of piperidine rings is 1. The molecule has 2 heterocycles. The second kappa shape index (κ2) is 4.23. The molecule has 0 aromatic carbocycles. The Morgan fingerprint density at radius 1 is 1.32 bits per heavy atom. The minimum atomic E-state index is -0.895. The lowest BCUT2D eigenvalue weighted by atomic mass is 10.0. The summed E-state index contributed by atoms with van der Waals surface area (Å²) in [6.45, 7) is 5.77. The smallest absolute Gasteiger partial charge is 0.231 e. The molecule has 3 fully saturated rings. The number of hydrogen-bond donors (Lipinski definition) is 0. The molecule has 19 heavy (non-hydrogen) atoms. The zero-order chi connectivity index (χ0) is 13.9. The van der Waals surface area contributed by atoms with Crippen LogP contribution in [0.15, 0.2) is 0 Å². The largest absolute Gasteiger partial charge is 0.347 e. The van der Waals surface area contributed by atoms with Gasteiger partial charge in [0.25, 0.3) is 0 Å². The highest BCUT2D eigenvalue weighted by Crippen LogP contribution is 2.64. The zero-order valence-electron chi connectivity index (χ0n) is 11.2. The Morgan fingerprint density at radius 3 is 2.32 bits per heavy atom. The van der Waals surface area contributed by atoms with Crippen LogP contribution in [0.25, 0.3) is 0 Å². The first-order valence-electron chi connectivity index (χ1n) is 6.77. The second-order valence-corrected chi connectivity index (χ2v) is 7.64. The molecule has 0 N–H and O–H groups in total. The fourth-order valence-corrected chi connectivity index (χ4v) is 3.69. The summed E-state index contributed by atoms with van der Waals surface area (Å²) in [7, 11) is 0. The molecule has 4 nitrogen and oxygen atoms in total. The predicted molar refractivity (Wildman–Crippen MR) is 72.2 cm³/mol. The Balaban J connectivity index is 1.61. The Labute approximate surface area is 123 Å². The Hall–Kier alpha value is -0.0300. The first-order valence-corrected chi connectivity index (χ1v) is 7.53. The molecule has 0 aromatic heterocycles. The summed E-state index contributed by atoms with van der Waals surface area (Å²) in [4.78, 5) is 14.3. The van der Waals surface area contributed by atoms with Crippen LogP contribution in [0.4, 0.5) is 0 Å². The Bertz CT molecular complexity index is 407. The van der Waals surface area contributed by atoms with Crippen molar-refractivity contribution in [3.63, 3.8) is 0 Å². The zero-order valence-corrected chi connectivity index (χ0v) is 12.8. The van der Waals surface area contributed by atoms with Crippen molar-refractivity contribution in [2.45, 2.75) is 49.3 Å². The molecule has 0 radical (unpaired) electrons. The van der Waals surface area contributed by atoms with Gasteiger partial charge < -0.3 is 14.4 Å². The van der Waals surface area contributed by atoms with E-state index < -0.39 is 15.5 Å². The van der Waals surface area contributed by atoms with Crippen molar-refractivity contribution in [1.82, 2.24) is 4.90 Å². The number of hydrogen-bond acceptors (Lipinski definition) is 3. The summed E-state index contributed by atoms with van der Waals surface area (Å²) in [5.74, 6) is -0.418. The van der Waals surface area contributed by atoms with Crippen molar-refractivity contribution >= 4 is 29.1 Å². The molecule has 6 heteroatoms. The molecule has 2 saturated heterocycles. The third-order valence-electron chi connectivity index (χ3n) is 4.54. The van der Waals surface area contributed by atoms with Crippen LogP contribution in [0.1, 0.15) is 33.1 Å². The van der Waals surface area contributed by atoms with Crippen LogP contribution in [0.3, 0.4) is 0 Å². The van der Waals surface area contributed by atoms with Crippen LogP contribution in [-0.2, 0) is 14.3 Å². The molecule has 3 aliphatic rings. The second-order valence-electron chi connectivity index (χ2n) is 6.16. The van der Waals surface area contributed by atoms with Gasteiger partial charge in [-0.05, 0) is 20.3 Å². The van der Waals surface area contributed by atoms with E-state index >= 15 is 0 Å². The number of ether oxygens (including phenoxy) is 2. The maximum atomic E-state index is 12.4. The molecule has 2 atom stereocenters. The third kappa shape index (κ3) is 2.17. The summed E-state index contributed by atoms with van der Waals surface area (Å²) in [5, 5.41) is 0. The average molecular weight is 308 g/mol. The number of amides is 1. The van der Waals surface area contributed by atoms with Gasteiger partial charge in [0.05, 0.1) is 18.1 Å². The van der Waals surface area contributed by atoms with Crippen LogP contribution < -0.4 is 0 Å². The van der Waals surface area contributed by atoms with Gasteiger partial charge in [0.15, 0.2) is 5.79 Å². The molecule has 1 saturated carbocycles. The van der Waals surface area contributed by atoms with Gasteiger partial charge in [-0.25, -0.2) is 0 Å². The molecule has 1 amide bonds. The summed E-state index contributed by atoms with van der Waals surface area (Å²) < 4.78 is 10.7. The van der Waals surface area contributed by atoms with Gasteiger partial charge in [0.1, 0.15) is 4.33 Å². The van der Waals surface area contributed by atoms with Crippen LogP contribution in [0, 0.1) is 5.41 Å². The lowest BCUT2D eigenvalue weighted by Gasteiger charge is -2.39. The van der Waals surface area contributed by atoms with E-state index in [0.29, 0.717) is 26.1 Å². The Kier molecular flexibility index (Phi) is 3.10. The van der Waals surface area contributed by atoms with E-state index in [1.165, 1.54) is 0 Å². The quantitative estimate of drug-likeness (QED) is 0.698. The molecule has 1 aliphatic carbocycles. The van der Waals surface area contributed by atoms with Gasteiger partial charge in [0.2, 0.25) is 5.91 Å². The predicted octanol–water partition coefficient (Wildman–Crippen LogP) is 2.32. The first kappa shape index (κ1) is 13.9. The summed E-state index contributed by atoms with van der Waals surface area (Å²) in [6, 6.07) is 0. The maximum Gasteiger partial charge on any atom is 0.231 e. The SMILES string of the molecule is C[C@H]1COC2(CCN(C(=O)[C@@]3(C)CC3(Cl)Cl)CC2)O1. The summed E-state index contributed by atoms with van der Waals surface area (Å²) >= 11 is 12.1. The average Bonchev–Trinajstić information content (AvgIpc) is 2.67. The first-order chi connectivity index (χ1) is 8.78. The van der Waals surface area contributed by atoms with E-state index in [-0.39, 0.29) is 12.0 Å². The lowest BCUT2D eigenvalue weighted by Crippen LogP contribution is -2.49. The minimum absolute atomic E-state index is 0.0541. The van der Waals surface area contributed by atoms with Crippen LogP contribution >= 0.6 is 23.2 Å². The molecule has 0 bridgehead atoms. The van der Waals surface area contributed by atoms with Crippen LogP contribution in [0.2, 0.25) is 0 Å². The number of halogens is 2. The molecule has 0 unspecified atom stereocenters. The fraction of sp³-hybridized carbons (Fsp3) is 0.923. The van der Waals surface area contributed by atoms with Gasteiger partial charge in [-0.1, -0.05) is 0 Å². The van der Waals surface area contributed by atoms with E-state index in [1.54, 1.807) is 0 Å². The number of rotatable bonds is 1. The molecular formula is C13H19Cl2NO3. The van der Waals surface area contributed by atoms with Crippen molar-refractivity contribution in [3.05, 3.63) is 0 Å². The number of alkyl halides is 2. The van der Waals surface area contributed by atoms with Crippen LogP contribution in [0.5, 0.6) is 0 Å². The van der Waals surface area contributed by atoms with E-state index in [0.717, 1.165) is 12.8 Å². The lowest BCUT2D eigenvalue weighted by molar-refractivity contribution is -0.195. The van der Waals surface area contributed by atoms with Gasteiger partial charge >= 0.3 is 0 Å². The summed E-state index contributed by atoms with van der Waals surface area (Å²) in [5.41, 5.74) is -0.620. The minimum Gasteiger partial charge on any atom is -0.347 e. The van der Waals surface area contributed by atoms with E-state index in [4.69, 9.17) is 32.7 Å². The Morgan fingerprint density at radius 2 is 1.89 bits per heavy atom. The van der Waals surface area contributed by atoms with Crippen molar-refractivity contribution < 1.29 is 14.3 Å². The van der Waals surface area contributed by atoms with E-state index in [9.17, 15) is 4.79 Å². The molecular weight excluding hydrogens is 289 g/mol. The highest BCUT2D eigenvalue weighted by atomic mass is 35.5. The standard InChI is InChI=1S/C13H19Cl2NO3/c1-9-7-18-12(19-9)3-5-16(6-4-12)10(17)11(2)8-13(11,14)15/h9H,3-8H2,1-2H3/t9-,11+/m0/s1. The van der Waals surface area contributed by atoms with Gasteiger partial charge in [-0.3, -0.25) is 4.79 Å². The molecule has 1 spiro atoms. The number of nitrogens with zero attached hydrogens (tertiary/aromatic N) is 1. The number of carbonyl (C=O) groups excluding carboxylic acids is 1. The molecule has 3 rings (SSSR count). The van der Waals surface area contributed by atoms with Crippen molar-refractivity contribution in [3.8, 4) is 0 Å². The number of carbonyl (C=O) groups is 1. The monoisotopic (exact) mass is 307 g/mol. The molecule has 0 aromatic rings. The third-order valence-corrected chi connectivity index (χ3v) is 5.64. The summed E-state index contributed by atoms with van der Waals surface area (Å²) in [6.07, 6.45) is 2.11. The highest BCUT2D eigenvalue weighted by Gasteiger charge is 2.69. The molecule has 108 valence electrons. The maximum absolute atomic E-state index is 12.4. The van der Waals surface area contributed by atoms with Crippen molar-refractivity contribution in [2.24, 2.45) is 5.41 Å². The van der Waals surface area contributed by atoms with Gasteiger partial charge in [0, 0.05) is 25.9 Å². The van der Waals surface area contributed by atoms with Crippen molar-refractivity contribution in [1.29, 1.82) is 0 Å². The van der Waals surface area contributed by atoms with Gasteiger partial charge in [-0.15, -0.1) is 23.2 Å². The number of likely N-dealkylation sites (tertiary alicyclic amines) is 1. The van der Waals surface area contributed by atoms with Crippen LogP contribution in [-0.4, -0.2) is 46.7 Å². The van der Waals surface area contributed by atoms with Gasteiger partial charge in [-0.2, -0.15) is 0 Å².